The molecule has 2 aromatic rings. The van der Waals surface area contributed by atoms with Crippen molar-refractivity contribution in [2.24, 2.45) is 0 Å². The number of hydrogen-bond acceptors (Lipinski definition) is 3. The quantitative estimate of drug-likeness (QED) is 0.833. The molecule has 0 unspecified atom stereocenters. The van der Waals surface area contributed by atoms with Gasteiger partial charge in [0.05, 0.1) is 11.0 Å². The van der Waals surface area contributed by atoms with E-state index in [0.717, 1.165) is 12.8 Å². The molecule has 1 heterocycles. The van der Waals surface area contributed by atoms with E-state index >= 15 is 0 Å². The monoisotopic (exact) mass is 289 g/mol. The number of benzene rings is 1. The molecule has 21 heavy (non-hydrogen) atoms. The molecule has 1 aliphatic carbocycles. The van der Waals surface area contributed by atoms with E-state index in [1.807, 2.05) is 0 Å². The number of aromatic nitrogens is 2. The Balaban J connectivity index is 1.87. The number of aliphatic carboxylic acids is 1. The first-order chi connectivity index (χ1) is 10.1. The fourth-order valence-electron chi connectivity index (χ4n) is 2.44. The average Bonchev–Trinajstić information content (AvgIpc) is 3.22. The number of rotatable bonds is 5. The summed E-state index contributed by atoms with van der Waals surface area (Å²) in [5.74, 6) is -1.38. The maximum Gasteiger partial charge on any atom is 0.326 e. The average molecular weight is 289 g/mol. The highest BCUT2D eigenvalue weighted by atomic mass is 16.4. The number of fused-ring (bicyclic) bond motifs is 1. The molecule has 1 fully saturated rings. The highest BCUT2D eigenvalue weighted by molar-refractivity contribution is 5.83. The van der Waals surface area contributed by atoms with Crippen LogP contribution in [0, 0.1) is 0 Å². The van der Waals surface area contributed by atoms with E-state index in [1.54, 1.807) is 24.3 Å². The predicted octanol–water partition coefficient (Wildman–Crippen LogP) is 0.405. The number of carbonyl (C=O) groups excluding carboxylic acids is 1. The molecule has 0 saturated heterocycles. The molecule has 7 nitrogen and oxygen atoms in total. The number of carboxylic acid groups (broad SMARTS) is 1. The van der Waals surface area contributed by atoms with Crippen LogP contribution in [0.4, 0.5) is 0 Å². The lowest BCUT2D eigenvalue weighted by molar-refractivity contribution is -0.145. The van der Waals surface area contributed by atoms with Gasteiger partial charge >= 0.3 is 11.7 Å². The summed E-state index contributed by atoms with van der Waals surface area (Å²) in [6.45, 7) is -0.465. The molecular formula is C14H15N3O4. The summed E-state index contributed by atoms with van der Waals surface area (Å²) in [6.07, 6.45) is 1.64. The highest BCUT2D eigenvalue weighted by Crippen LogP contribution is 2.27. The molecule has 0 aliphatic heterocycles. The first-order valence-electron chi connectivity index (χ1n) is 6.75. The van der Waals surface area contributed by atoms with E-state index in [4.69, 9.17) is 5.11 Å². The number of imidazole rings is 1. The third kappa shape index (κ3) is 2.67. The number of carbonyl (C=O) groups is 2. The number of carboxylic acids is 1. The second-order valence-electron chi connectivity index (χ2n) is 5.18. The van der Waals surface area contributed by atoms with Crippen LogP contribution < -0.4 is 5.69 Å². The van der Waals surface area contributed by atoms with Gasteiger partial charge in [0.15, 0.2) is 0 Å². The summed E-state index contributed by atoms with van der Waals surface area (Å²) < 4.78 is 1.34. The number of nitrogens with zero attached hydrogens (tertiary/aromatic N) is 2. The molecule has 110 valence electrons. The lowest BCUT2D eigenvalue weighted by Crippen LogP contribution is -2.40. The summed E-state index contributed by atoms with van der Waals surface area (Å²) >= 11 is 0. The molecule has 0 atom stereocenters. The molecule has 1 amide bonds. The van der Waals surface area contributed by atoms with Gasteiger partial charge in [-0.2, -0.15) is 0 Å². The molecule has 0 radical (unpaired) electrons. The standard InChI is InChI=1S/C14H15N3O4/c18-12(16(8-13(19)20)9-5-6-9)7-17-11-4-2-1-3-10(11)15-14(17)21/h1-4,9H,5-8H2,(H,15,21)(H,19,20). The van der Waals surface area contributed by atoms with Crippen molar-refractivity contribution in [2.45, 2.75) is 25.4 Å². The van der Waals surface area contributed by atoms with Crippen LogP contribution in [0.15, 0.2) is 29.1 Å². The third-order valence-corrected chi connectivity index (χ3v) is 3.59. The van der Waals surface area contributed by atoms with Crippen molar-refractivity contribution in [1.29, 1.82) is 0 Å². The minimum atomic E-state index is -1.04. The van der Waals surface area contributed by atoms with Crippen LogP contribution in [-0.2, 0) is 16.1 Å². The van der Waals surface area contributed by atoms with Crippen LogP contribution in [0.5, 0.6) is 0 Å². The van der Waals surface area contributed by atoms with Crippen molar-refractivity contribution in [3.63, 3.8) is 0 Å². The van der Waals surface area contributed by atoms with Gasteiger partial charge in [0.2, 0.25) is 5.91 Å². The van der Waals surface area contributed by atoms with Crippen LogP contribution in [0.2, 0.25) is 0 Å². The number of amides is 1. The molecule has 0 spiro atoms. The van der Waals surface area contributed by atoms with E-state index < -0.39 is 5.97 Å². The molecule has 1 aromatic heterocycles. The predicted molar refractivity (Wildman–Crippen MR) is 74.9 cm³/mol. The first-order valence-corrected chi connectivity index (χ1v) is 6.75. The molecule has 1 aliphatic rings. The van der Waals surface area contributed by atoms with Crippen molar-refractivity contribution in [1.82, 2.24) is 14.5 Å². The summed E-state index contributed by atoms with van der Waals surface area (Å²) in [4.78, 5) is 39.1. The van der Waals surface area contributed by atoms with Crippen LogP contribution in [-0.4, -0.2) is 44.0 Å². The molecule has 2 N–H and O–H groups in total. The number of nitrogens with one attached hydrogen (secondary N) is 1. The third-order valence-electron chi connectivity index (χ3n) is 3.59. The van der Waals surface area contributed by atoms with Gasteiger partial charge in [-0.25, -0.2) is 4.79 Å². The summed E-state index contributed by atoms with van der Waals surface area (Å²) in [5.41, 5.74) is 0.934. The number of para-hydroxylation sites is 2. The van der Waals surface area contributed by atoms with E-state index in [1.165, 1.54) is 9.47 Å². The minimum absolute atomic E-state index is 0.00509. The number of H-pyrrole nitrogens is 1. The van der Waals surface area contributed by atoms with E-state index in [0.29, 0.717) is 11.0 Å². The van der Waals surface area contributed by atoms with Crippen molar-refractivity contribution in [3.8, 4) is 0 Å². The molecule has 0 bridgehead atoms. The van der Waals surface area contributed by atoms with Crippen LogP contribution >= 0.6 is 0 Å². The van der Waals surface area contributed by atoms with Gasteiger partial charge in [0.1, 0.15) is 13.1 Å². The fraction of sp³-hybridized carbons (Fsp3) is 0.357. The van der Waals surface area contributed by atoms with Gasteiger partial charge in [-0.15, -0.1) is 0 Å². The summed E-state index contributed by atoms with van der Waals surface area (Å²) in [7, 11) is 0. The Labute approximate surface area is 119 Å². The Hall–Kier alpha value is -2.57. The SMILES string of the molecule is O=C(O)CN(C(=O)Cn1c(=O)[nH]c2ccccc21)C1CC1. The van der Waals surface area contributed by atoms with Crippen LogP contribution in [0.1, 0.15) is 12.8 Å². The first kappa shape index (κ1) is 13.4. The zero-order valence-electron chi connectivity index (χ0n) is 11.3. The maximum absolute atomic E-state index is 12.3. The lowest BCUT2D eigenvalue weighted by atomic mass is 10.3. The summed E-state index contributed by atoms with van der Waals surface area (Å²) in [6, 6.07) is 7.08. The van der Waals surface area contributed by atoms with E-state index in [-0.39, 0.29) is 30.7 Å². The van der Waals surface area contributed by atoms with Crippen molar-refractivity contribution in [2.75, 3.05) is 6.54 Å². The Bertz CT molecular complexity index is 757. The minimum Gasteiger partial charge on any atom is -0.480 e. The smallest absolute Gasteiger partial charge is 0.326 e. The van der Waals surface area contributed by atoms with Gasteiger partial charge < -0.3 is 15.0 Å². The largest absolute Gasteiger partial charge is 0.480 e. The Morgan fingerprint density at radius 2 is 2.05 bits per heavy atom. The normalized spacial score (nSPS) is 14.3. The van der Waals surface area contributed by atoms with Gasteiger partial charge in [-0.3, -0.25) is 14.2 Å². The zero-order valence-corrected chi connectivity index (χ0v) is 11.3. The van der Waals surface area contributed by atoms with Gasteiger partial charge in [0.25, 0.3) is 0 Å². The van der Waals surface area contributed by atoms with Crippen LogP contribution in [0.25, 0.3) is 11.0 Å². The van der Waals surface area contributed by atoms with E-state index in [2.05, 4.69) is 4.98 Å². The van der Waals surface area contributed by atoms with Crippen LogP contribution in [0.3, 0.4) is 0 Å². The Morgan fingerprint density at radius 1 is 1.33 bits per heavy atom. The highest BCUT2D eigenvalue weighted by Gasteiger charge is 2.34. The van der Waals surface area contributed by atoms with Crippen molar-refractivity contribution >= 4 is 22.9 Å². The fourth-order valence-corrected chi connectivity index (χ4v) is 2.44. The number of hydrogen-bond donors (Lipinski definition) is 2. The zero-order chi connectivity index (χ0) is 15.0. The van der Waals surface area contributed by atoms with Gasteiger partial charge in [-0.1, -0.05) is 12.1 Å². The van der Waals surface area contributed by atoms with Gasteiger partial charge in [0, 0.05) is 6.04 Å². The Morgan fingerprint density at radius 3 is 2.71 bits per heavy atom. The van der Waals surface area contributed by atoms with Crippen molar-refractivity contribution in [3.05, 3.63) is 34.7 Å². The maximum atomic E-state index is 12.3. The van der Waals surface area contributed by atoms with Gasteiger partial charge in [-0.05, 0) is 25.0 Å². The molecule has 7 heteroatoms. The second kappa shape index (κ2) is 5.08. The molecule has 1 saturated carbocycles. The number of aromatic amines is 1. The topological polar surface area (TPSA) is 95.4 Å². The van der Waals surface area contributed by atoms with E-state index in [9.17, 15) is 14.4 Å². The molecule has 3 rings (SSSR count). The molecular weight excluding hydrogens is 274 g/mol. The second-order valence-corrected chi connectivity index (χ2v) is 5.18. The molecule has 1 aromatic carbocycles. The lowest BCUT2D eigenvalue weighted by Gasteiger charge is -2.20. The summed E-state index contributed by atoms with van der Waals surface area (Å²) in [5, 5.41) is 8.89. The van der Waals surface area contributed by atoms with Crippen molar-refractivity contribution < 1.29 is 14.7 Å². The Kier molecular flexibility index (Phi) is 3.25.